The lowest BCUT2D eigenvalue weighted by Gasteiger charge is -2.33. The number of guanidine groups is 1. The molecule has 1 aliphatic rings. The highest BCUT2D eigenvalue weighted by molar-refractivity contribution is 6.38. The molecule has 3 N–H and O–H groups in total. The van der Waals surface area contributed by atoms with E-state index in [0.717, 1.165) is 16.5 Å². The average molecular weight is 266 g/mol. The van der Waals surface area contributed by atoms with Gasteiger partial charge in [0.25, 0.3) is 0 Å². The van der Waals surface area contributed by atoms with E-state index >= 15 is 0 Å². The molecular weight excluding hydrogens is 251 g/mol. The summed E-state index contributed by atoms with van der Waals surface area (Å²) in [6, 6.07) is 5.87. The molecule has 1 atom stereocenters. The van der Waals surface area contributed by atoms with Gasteiger partial charge in [-0.15, -0.1) is 0 Å². The van der Waals surface area contributed by atoms with Crippen molar-refractivity contribution in [1.29, 1.82) is 0 Å². The molecule has 20 heavy (non-hydrogen) atoms. The molecule has 2 radical (unpaired) electrons. The van der Waals surface area contributed by atoms with E-state index in [1.54, 1.807) is 13.2 Å². The highest BCUT2D eigenvalue weighted by Crippen LogP contribution is 2.33. The van der Waals surface area contributed by atoms with Crippen LogP contribution in [0.2, 0.25) is 0 Å². The number of aromatic amines is 1. The lowest BCUT2D eigenvalue weighted by molar-refractivity contribution is -0.128. The van der Waals surface area contributed by atoms with Gasteiger partial charge in [-0.3, -0.25) is 9.69 Å². The van der Waals surface area contributed by atoms with E-state index in [0.29, 0.717) is 11.9 Å². The molecule has 1 aromatic carbocycles. The average Bonchev–Trinajstić information content (AvgIpc) is 2.77. The molecule has 2 heterocycles. The minimum atomic E-state index is -0.647. The summed E-state index contributed by atoms with van der Waals surface area (Å²) < 4.78 is 0. The number of nitrogens with two attached hydrogens (primary N) is 1. The molecule has 0 fully saturated rings. The minimum Gasteiger partial charge on any atom is -0.369 e. The van der Waals surface area contributed by atoms with Gasteiger partial charge < -0.3 is 10.7 Å². The first kappa shape index (κ1) is 12.8. The van der Waals surface area contributed by atoms with Crippen LogP contribution in [0, 0.1) is 0 Å². The lowest BCUT2D eigenvalue weighted by Crippen LogP contribution is -2.47. The van der Waals surface area contributed by atoms with Crippen molar-refractivity contribution in [3.05, 3.63) is 30.0 Å². The maximum atomic E-state index is 12.0. The number of nitrogens with one attached hydrogen (secondary N) is 1. The molecule has 0 aliphatic carbocycles. The normalized spacial score (nSPS) is 23.2. The highest BCUT2D eigenvalue weighted by atomic mass is 16.2. The van der Waals surface area contributed by atoms with Crippen molar-refractivity contribution in [2.75, 3.05) is 7.05 Å². The van der Waals surface area contributed by atoms with Crippen molar-refractivity contribution in [2.45, 2.75) is 18.9 Å². The zero-order chi connectivity index (χ0) is 14.5. The van der Waals surface area contributed by atoms with Crippen molar-refractivity contribution in [2.24, 2.45) is 10.7 Å². The van der Waals surface area contributed by atoms with Crippen LogP contribution in [-0.2, 0) is 10.3 Å². The van der Waals surface area contributed by atoms with Crippen LogP contribution >= 0.6 is 0 Å². The maximum Gasteiger partial charge on any atom is 0.231 e. The second-order valence-corrected chi connectivity index (χ2v) is 5.38. The van der Waals surface area contributed by atoms with Gasteiger partial charge >= 0.3 is 0 Å². The fourth-order valence-electron chi connectivity index (χ4n) is 2.55. The van der Waals surface area contributed by atoms with E-state index < -0.39 is 5.54 Å². The van der Waals surface area contributed by atoms with Crippen LogP contribution < -0.4 is 11.2 Å². The third-order valence-corrected chi connectivity index (χ3v) is 3.91. The summed E-state index contributed by atoms with van der Waals surface area (Å²) in [5.74, 6) is 0.202. The quantitative estimate of drug-likeness (QED) is 0.731. The first-order valence-corrected chi connectivity index (χ1v) is 6.40. The smallest absolute Gasteiger partial charge is 0.231 e. The van der Waals surface area contributed by atoms with Crippen molar-refractivity contribution < 1.29 is 4.79 Å². The monoisotopic (exact) mass is 266 g/mol. The summed E-state index contributed by atoms with van der Waals surface area (Å²) in [7, 11) is 7.56. The van der Waals surface area contributed by atoms with Gasteiger partial charge in [-0.05, 0) is 36.2 Å². The van der Waals surface area contributed by atoms with Gasteiger partial charge in [0.15, 0.2) is 5.96 Å². The number of aliphatic imine (C=N–C) groups is 1. The second-order valence-electron chi connectivity index (χ2n) is 5.38. The number of fused-ring (bicyclic) bond motifs is 1. The Morgan fingerprint density at radius 3 is 2.95 bits per heavy atom. The van der Waals surface area contributed by atoms with E-state index in [9.17, 15) is 4.79 Å². The molecule has 1 amide bonds. The summed E-state index contributed by atoms with van der Waals surface area (Å²) in [6.45, 7) is 1.91. The first-order valence-electron chi connectivity index (χ1n) is 6.40. The molecule has 0 unspecified atom stereocenters. The summed E-state index contributed by atoms with van der Waals surface area (Å²) in [4.78, 5) is 21.0. The molecule has 3 rings (SSSR count). The number of hydrogen-bond donors (Lipinski definition) is 2. The Morgan fingerprint density at radius 1 is 1.50 bits per heavy atom. The molecule has 2 aromatic rings. The number of carbonyl (C=O) groups excluding carboxylic acids is 1. The Hall–Kier alpha value is -2.24. The summed E-state index contributed by atoms with van der Waals surface area (Å²) in [6.07, 6.45) is 2.05. The van der Waals surface area contributed by atoms with Gasteiger partial charge in [0, 0.05) is 12.6 Å². The molecule has 6 heteroatoms. The SMILES string of the molecule is [B]c1c[nH]c2ccc([C@]3(C)CC(=O)N(C)C(N)=N3)cc12. The molecule has 0 saturated heterocycles. The predicted molar refractivity (Wildman–Crippen MR) is 80.0 cm³/mol. The summed E-state index contributed by atoms with van der Waals surface area (Å²) in [5.41, 5.74) is 7.76. The van der Waals surface area contributed by atoms with Crippen LogP contribution in [0.1, 0.15) is 18.9 Å². The van der Waals surface area contributed by atoms with Crippen molar-refractivity contribution in [1.82, 2.24) is 9.88 Å². The first-order chi connectivity index (χ1) is 9.40. The number of nitrogens with zero attached hydrogens (tertiary/aromatic N) is 2. The molecule has 1 aromatic heterocycles. The number of rotatable bonds is 1. The van der Waals surface area contributed by atoms with Gasteiger partial charge in [-0.1, -0.05) is 11.5 Å². The van der Waals surface area contributed by atoms with E-state index in [1.807, 2.05) is 25.1 Å². The van der Waals surface area contributed by atoms with E-state index in [2.05, 4.69) is 9.98 Å². The van der Waals surface area contributed by atoms with Gasteiger partial charge in [0.05, 0.1) is 12.0 Å². The molecule has 0 saturated carbocycles. The third-order valence-electron chi connectivity index (χ3n) is 3.91. The molecule has 0 bridgehead atoms. The molecular formula is C14H15BN4O. The number of aromatic nitrogens is 1. The van der Waals surface area contributed by atoms with E-state index in [4.69, 9.17) is 13.6 Å². The van der Waals surface area contributed by atoms with Gasteiger partial charge in [0.1, 0.15) is 7.85 Å². The second kappa shape index (κ2) is 4.13. The highest BCUT2D eigenvalue weighted by Gasteiger charge is 2.36. The van der Waals surface area contributed by atoms with Crippen molar-refractivity contribution >= 4 is 36.1 Å². The van der Waals surface area contributed by atoms with Crippen LogP contribution in [0.4, 0.5) is 0 Å². The standard InChI is InChI=1S/C14H15BN4O/c1-14(6-12(20)19(2)13(16)18-14)8-3-4-11-9(5-8)10(15)7-17-11/h3-5,7,17H,6H2,1-2H3,(H2,16,18)/t14-/m0/s1. The fourth-order valence-corrected chi connectivity index (χ4v) is 2.55. The van der Waals surface area contributed by atoms with Gasteiger partial charge in [-0.2, -0.15) is 0 Å². The summed E-state index contributed by atoms with van der Waals surface area (Å²) in [5, 5.41) is 0.934. The Labute approximate surface area is 118 Å². The minimum absolute atomic E-state index is 0.0397. The zero-order valence-corrected chi connectivity index (χ0v) is 11.5. The van der Waals surface area contributed by atoms with Crippen LogP contribution in [0.5, 0.6) is 0 Å². The maximum absolute atomic E-state index is 12.0. The fraction of sp³-hybridized carbons (Fsp3) is 0.286. The van der Waals surface area contributed by atoms with Crippen molar-refractivity contribution in [3.8, 4) is 0 Å². The van der Waals surface area contributed by atoms with Crippen LogP contribution in [0.3, 0.4) is 0 Å². The topological polar surface area (TPSA) is 74.5 Å². The number of H-pyrrole nitrogens is 1. The Balaban J connectivity index is 2.14. The number of hydrogen-bond acceptors (Lipinski definition) is 3. The largest absolute Gasteiger partial charge is 0.369 e. The molecule has 1 aliphatic heterocycles. The third kappa shape index (κ3) is 1.79. The number of amides is 1. The van der Waals surface area contributed by atoms with Crippen LogP contribution in [0.15, 0.2) is 29.4 Å². The van der Waals surface area contributed by atoms with E-state index in [-0.39, 0.29) is 11.9 Å². The van der Waals surface area contributed by atoms with Crippen molar-refractivity contribution in [3.63, 3.8) is 0 Å². The van der Waals surface area contributed by atoms with Crippen LogP contribution in [0.25, 0.3) is 10.9 Å². The number of carbonyl (C=O) groups is 1. The van der Waals surface area contributed by atoms with Gasteiger partial charge in [-0.25, -0.2) is 4.99 Å². The Kier molecular flexibility index (Phi) is 2.64. The Bertz CT molecular complexity index is 736. The Morgan fingerprint density at radius 2 is 2.25 bits per heavy atom. The molecule has 0 spiro atoms. The zero-order valence-electron chi connectivity index (χ0n) is 11.5. The van der Waals surface area contributed by atoms with E-state index in [1.165, 1.54) is 4.90 Å². The predicted octanol–water partition coefficient (Wildman–Crippen LogP) is 0.354. The lowest BCUT2D eigenvalue weighted by atomic mass is 9.85. The van der Waals surface area contributed by atoms with Gasteiger partial charge in [0.2, 0.25) is 5.91 Å². The molecule has 100 valence electrons. The number of benzene rings is 1. The van der Waals surface area contributed by atoms with Crippen LogP contribution in [-0.4, -0.2) is 36.6 Å². The molecule has 5 nitrogen and oxygen atoms in total. The summed E-state index contributed by atoms with van der Waals surface area (Å²) >= 11 is 0.